The minimum atomic E-state index is 0.487. The zero-order valence-electron chi connectivity index (χ0n) is 12.3. The molecule has 6 nitrogen and oxygen atoms in total. The molecule has 1 aromatic carbocycles. The van der Waals surface area contributed by atoms with E-state index < -0.39 is 0 Å². The zero-order valence-corrected chi connectivity index (χ0v) is 13.1. The highest BCUT2D eigenvalue weighted by Crippen LogP contribution is 2.37. The Bertz CT molecular complexity index is 649. The second-order valence-electron chi connectivity index (χ2n) is 4.29. The standard InChI is InChI=1S/C14H17ClN4O2/c1-8-7-17-14(16-2)19-13(8)18-10-5-9(15)11(20-3)6-12(10)21-4/h5-7H,1-4H3,(H2,16,17,18,19). The van der Waals surface area contributed by atoms with Gasteiger partial charge in [0.1, 0.15) is 17.3 Å². The summed E-state index contributed by atoms with van der Waals surface area (Å²) in [6, 6.07) is 3.46. The maximum atomic E-state index is 6.16. The molecule has 2 rings (SSSR count). The minimum absolute atomic E-state index is 0.487. The van der Waals surface area contributed by atoms with Crippen molar-refractivity contribution < 1.29 is 9.47 Å². The number of methoxy groups -OCH3 is 2. The third-order valence-corrected chi connectivity index (χ3v) is 3.22. The molecule has 0 atom stereocenters. The highest BCUT2D eigenvalue weighted by molar-refractivity contribution is 6.32. The smallest absolute Gasteiger partial charge is 0.224 e. The Hall–Kier alpha value is -2.21. The van der Waals surface area contributed by atoms with Crippen LogP contribution in [0.2, 0.25) is 5.02 Å². The normalized spacial score (nSPS) is 10.1. The Labute approximate surface area is 128 Å². The van der Waals surface area contributed by atoms with E-state index in [1.54, 1.807) is 39.6 Å². The molecule has 0 saturated heterocycles. The third-order valence-electron chi connectivity index (χ3n) is 2.92. The average Bonchev–Trinajstić information content (AvgIpc) is 2.49. The molecular weight excluding hydrogens is 292 g/mol. The van der Waals surface area contributed by atoms with E-state index >= 15 is 0 Å². The van der Waals surface area contributed by atoms with Crippen molar-refractivity contribution in [1.82, 2.24) is 9.97 Å². The van der Waals surface area contributed by atoms with Gasteiger partial charge in [0.25, 0.3) is 0 Å². The van der Waals surface area contributed by atoms with E-state index in [9.17, 15) is 0 Å². The van der Waals surface area contributed by atoms with Crippen LogP contribution in [-0.2, 0) is 0 Å². The number of hydrogen-bond acceptors (Lipinski definition) is 6. The van der Waals surface area contributed by atoms with Gasteiger partial charge in [-0.3, -0.25) is 0 Å². The third kappa shape index (κ3) is 3.28. The van der Waals surface area contributed by atoms with E-state index in [2.05, 4.69) is 20.6 Å². The summed E-state index contributed by atoms with van der Waals surface area (Å²) in [6.45, 7) is 1.92. The molecule has 2 aromatic rings. The van der Waals surface area contributed by atoms with Gasteiger partial charge in [0.15, 0.2) is 0 Å². The summed E-state index contributed by atoms with van der Waals surface area (Å²) >= 11 is 6.16. The second kappa shape index (κ2) is 6.49. The van der Waals surface area contributed by atoms with E-state index in [1.165, 1.54) is 0 Å². The number of anilines is 3. The van der Waals surface area contributed by atoms with Gasteiger partial charge in [0.05, 0.1) is 24.9 Å². The highest BCUT2D eigenvalue weighted by atomic mass is 35.5. The van der Waals surface area contributed by atoms with E-state index in [0.717, 1.165) is 5.56 Å². The first-order chi connectivity index (χ1) is 10.1. The molecule has 1 aromatic heterocycles. The predicted octanol–water partition coefficient (Wildman–Crippen LogP) is 3.24. The number of rotatable bonds is 5. The van der Waals surface area contributed by atoms with Crippen LogP contribution in [0.3, 0.4) is 0 Å². The van der Waals surface area contributed by atoms with Gasteiger partial charge in [-0.15, -0.1) is 0 Å². The van der Waals surface area contributed by atoms with Crippen molar-refractivity contribution in [2.45, 2.75) is 6.92 Å². The van der Waals surface area contributed by atoms with Gasteiger partial charge < -0.3 is 20.1 Å². The monoisotopic (exact) mass is 308 g/mol. The lowest BCUT2D eigenvalue weighted by Gasteiger charge is -2.15. The second-order valence-corrected chi connectivity index (χ2v) is 4.69. The number of ether oxygens (including phenoxy) is 2. The summed E-state index contributed by atoms with van der Waals surface area (Å²) in [6.07, 6.45) is 1.73. The van der Waals surface area contributed by atoms with E-state index in [0.29, 0.717) is 34.0 Å². The molecule has 0 spiro atoms. The van der Waals surface area contributed by atoms with Crippen molar-refractivity contribution in [3.63, 3.8) is 0 Å². The number of aryl methyl sites for hydroxylation is 1. The van der Waals surface area contributed by atoms with Gasteiger partial charge in [-0.2, -0.15) is 4.98 Å². The van der Waals surface area contributed by atoms with Gasteiger partial charge in [-0.05, 0) is 13.0 Å². The van der Waals surface area contributed by atoms with Gasteiger partial charge in [-0.1, -0.05) is 11.6 Å². The number of nitrogens with one attached hydrogen (secondary N) is 2. The lowest BCUT2D eigenvalue weighted by Crippen LogP contribution is -2.03. The van der Waals surface area contributed by atoms with Crippen molar-refractivity contribution in [3.05, 3.63) is 28.9 Å². The van der Waals surface area contributed by atoms with Crippen LogP contribution in [0.15, 0.2) is 18.3 Å². The number of nitrogens with zero attached hydrogens (tertiary/aromatic N) is 2. The molecule has 0 aliphatic heterocycles. The quantitative estimate of drug-likeness (QED) is 0.884. The maximum Gasteiger partial charge on any atom is 0.224 e. The van der Waals surface area contributed by atoms with Crippen LogP contribution in [-0.4, -0.2) is 31.2 Å². The fraction of sp³-hybridized carbons (Fsp3) is 0.286. The van der Waals surface area contributed by atoms with Gasteiger partial charge in [0.2, 0.25) is 5.95 Å². The first-order valence-corrected chi connectivity index (χ1v) is 6.66. The molecular formula is C14H17ClN4O2. The molecule has 7 heteroatoms. The van der Waals surface area contributed by atoms with Crippen LogP contribution in [0, 0.1) is 6.92 Å². The molecule has 0 amide bonds. The Morgan fingerprint density at radius 1 is 1.14 bits per heavy atom. The Balaban J connectivity index is 2.41. The van der Waals surface area contributed by atoms with Crippen LogP contribution in [0.5, 0.6) is 11.5 Å². The molecule has 21 heavy (non-hydrogen) atoms. The molecule has 0 unspecified atom stereocenters. The first-order valence-electron chi connectivity index (χ1n) is 6.29. The summed E-state index contributed by atoms with van der Waals surface area (Å²) in [5, 5.41) is 6.59. The molecule has 1 heterocycles. The van der Waals surface area contributed by atoms with Crippen LogP contribution >= 0.6 is 11.6 Å². The van der Waals surface area contributed by atoms with Crippen molar-refractivity contribution in [3.8, 4) is 11.5 Å². The maximum absolute atomic E-state index is 6.16. The summed E-state index contributed by atoms with van der Waals surface area (Å²) in [5.41, 5.74) is 1.61. The van der Waals surface area contributed by atoms with Gasteiger partial charge >= 0.3 is 0 Å². The van der Waals surface area contributed by atoms with Crippen LogP contribution in [0.1, 0.15) is 5.56 Å². The van der Waals surface area contributed by atoms with Gasteiger partial charge in [-0.25, -0.2) is 4.98 Å². The number of benzene rings is 1. The average molecular weight is 309 g/mol. The van der Waals surface area contributed by atoms with E-state index in [4.69, 9.17) is 21.1 Å². The fourth-order valence-electron chi connectivity index (χ4n) is 1.77. The highest BCUT2D eigenvalue weighted by Gasteiger charge is 2.12. The van der Waals surface area contributed by atoms with Crippen molar-refractivity contribution in [2.75, 3.05) is 31.9 Å². The molecule has 0 aliphatic rings. The minimum Gasteiger partial charge on any atom is -0.495 e. The molecule has 0 radical (unpaired) electrons. The lowest BCUT2D eigenvalue weighted by molar-refractivity contribution is 0.396. The zero-order chi connectivity index (χ0) is 15.4. The molecule has 0 aliphatic carbocycles. The molecule has 0 fully saturated rings. The van der Waals surface area contributed by atoms with Crippen molar-refractivity contribution in [1.29, 1.82) is 0 Å². The van der Waals surface area contributed by atoms with Gasteiger partial charge in [0, 0.05) is 24.9 Å². The number of hydrogen-bond donors (Lipinski definition) is 2. The number of halogens is 1. The molecule has 112 valence electrons. The van der Waals surface area contributed by atoms with Crippen LogP contribution in [0.25, 0.3) is 0 Å². The lowest BCUT2D eigenvalue weighted by atomic mass is 10.2. The largest absolute Gasteiger partial charge is 0.495 e. The SMILES string of the molecule is CNc1ncc(C)c(Nc2cc(Cl)c(OC)cc2OC)n1. The summed E-state index contributed by atoms with van der Waals surface area (Å²) in [7, 11) is 4.90. The summed E-state index contributed by atoms with van der Waals surface area (Å²) in [5.74, 6) is 2.37. The molecule has 0 saturated carbocycles. The topological polar surface area (TPSA) is 68.3 Å². The molecule has 2 N–H and O–H groups in total. The van der Waals surface area contributed by atoms with Crippen molar-refractivity contribution in [2.24, 2.45) is 0 Å². The van der Waals surface area contributed by atoms with Crippen LogP contribution in [0.4, 0.5) is 17.5 Å². The molecule has 0 bridgehead atoms. The summed E-state index contributed by atoms with van der Waals surface area (Å²) in [4.78, 5) is 8.52. The first kappa shape index (κ1) is 15.2. The Morgan fingerprint density at radius 2 is 1.86 bits per heavy atom. The van der Waals surface area contributed by atoms with Crippen molar-refractivity contribution >= 4 is 29.1 Å². The number of aromatic nitrogens is 2. The summed E-state index contributed by atoms with van der Waals surface area (Å²) < 4.78 is 10.5. The van der Waals surface area contributed by atoms with Crippen LogP contribution < -0.4 is 20.1 Å². The Kier molecular flexibility index (Phi) is 4.70. The Morgan fingerprint density at radius 3 is 2.48 bits per heavy atom. The fourth-order valence-corrected chi connectivity index (χ4v) is 2.02. The predicted molar refractivity (Wildman–Crippen MR) is 84.2 cm³/mol. The van der Waals surface area contributed by atoms with E-state index in [-0.39, 0.29) is 0 Å². The van der Waals surface area contributed by atoms with E-state index in [1.807, 2.05) is 6.92 Å².